The van der Waals surface area contributed by atoms with Gasteiger partial charge < -0.3 is 14.7 Å². The van der Waals surface area contributed by atoms with Gasteiger partial charge in [-0.3, -0.25) is 0 Å². The molecule has 200 valence electrons. The predicted octanol–water partition coefficient (Wildman–Crippen LogP) is 7.74. The molecule has 0 bridgehead atoms. The van der Waals surface area contributed by atoms with Crippen LogP contribution in [-0.2, 0) is 25.7 Å². The molecule has 4 nitrogen and oxygen atoms in total. The number of benzene rings is 4. The lowest BCUT2D eigenvalue weighted by molar-refractivity contribution is -0.137. The summed E-state index contributed by atoms with van der Waals surface area (Å²) < 4.78 is 59.1. The van der Waals surface area contributed by atoms with Crippen molar-refractivity contribution in [3.8, 4) is 16.9 Å². The Hall–Kier alpha value is -4.33. The van der Waals surface area contributed by atoms with Crippen molar-refractivity contribution in [2.24, 2.45) is 0 Å². The summed E-state index contributed by atoms with van der Waals surface area (Å²) in [6, 6.07) is 22.7. The Balaban J connectivity index is 1.29. The van der Waals surface area contributed by atoms with Crippen molar-refractivity contribution in [2.75, 3.05) is 11.4 Å². The number of aromatic carboxylic acids is 1. The van der Waals surface area contributed by atoms with Crippen molar-refractivity contribution in [3.05, 3.63) is 119 Å². The molecule has 0 fully saturated rings. The highest BCUT2D eigenvalue weighted by Crippen LogP contribution is 2.36. The van der Waals surface area contributed by atoms with Gasteiger partial charge in [-0.1, -0.05) is 42.5 Å². The van der Waals surface area contributed by atoms with E-state index >= 15 is 0 Å². The first-order chi connectivity index (χ1) is 18.7. The van der Waals surface area contributed by atoms with Crippen molar-refractivity contribution in [1.82, 2.24) is 0 Å². The molecule has 1 aliphatic rings. The third-order valence-electron chi connectivity index (χ3n) is 6.81. The molecular formula is C31H25F4NO3. The average Bonchev–Trinajstić information content (AvgIpc) is 2.92. The summed E-state index contributed by atoms with van der Waals surface area (Å²) in [6.45, 7) is 1.15. The third kappa shape index (κ3) is 6.06. The molecule has 1 aliphatic heterocycles. The van der Waals surface area contributed by atoms with Crippen LogP contribution in [-0.4, -0.2) is 17.6 Å². The number of ether oxygens (including phenoxy) is 1. The maximum absolute atomic E-state index is 13.4. The van der Waals surface area contributed by atoms with Crippen molar-refractivity contribution >= 4 is 11.7 Å². The molecule has 8 heteroatoms. The monoisotopic (exact) mass is 535 g/mol. The Morgan fingerprint density at radius 2 is 1.72 bits per heavy atom. The standard InChI is InChI=1S/C31H25F4NO3/c32-26-11-7-24(28(17-26)30(37)38)19-39-27-12-8-21(9-13-27)23-4-1-3-20(15-23)18-36-14-2-5-22-6-10-25(16-29(22)36)31(33,34)35/h1,3-4,6-13,15-17H,2,5,14,18-19H2,(H,37,38). The number of rotatable bonds is 7. The van der Waals surface area contributed by atoms with E-state index in [2.05, 4.69) is 0 Å². The van der Waals surface area contributed by atoms with E-state index in [1.54, 1.807) is 18.2 Å². The molecule has 0 unspecified atom stereocenters. The van der Waals surface area contributed by atoms with Gasteiger partial charge in [-0.2, -0.15) is 13.2 Å². The van der Waals surface area contributed by atoms with E-state index in [9.17, 15) is 27.5 Å². The Bertz CT molecular complexity index is 1500. The summed E-state index contributed by atoms with van der Waals surface area (Å²) in [5.41, 5.74) is 4.00. The van der Waals surface area contributed by atoms with Gasteiger partial charge in [0.15, 0.2) is 0 Å². The summed E-state index contributed by atoms with van der Waals surface area (Å²) in [4.78, 5) is 13.4. The van der Waals surface area contributed by atoms with Crippen LogP contribution >= 0.6 is 0 Å². The fourth-order valence-electron chi connectivity index (χ4n) is 4.84. The zero-order chi connectivity index (χ0) is 27.6. The fraction of sp³-hybridized carbons (Fsp3) is 0.194. The third-order valence-corrected chi connectivity index (χ3v) is 6.81. The molecule has 0 radical (unpaired) electrons. The number of fused-ring (bicyclic) bond motifs is 1. The van der Waals surface area contributed by atoms with E-state index in [1.165, 1.54) is 18.2 Å². The second kappa shape index (κ2) is 10.8. The van der Waals surface area contributed by atoms with Gasteiger partial charge in [-0.25, -0.2) is 9.18 Å². The van der Waals surface area contributed by atoms with Crippen molar-refractivity contribution in [1.29, 1.82) is 0 Å². The predicted molar refractivity (Wildman–Crippen MR) is 140 cm³/mol. The molecule has 39 heavy (non-hydrogen) atoms. The van der Waals surface area contributed by atoms with Crippen LogP contribution in [0.15, 0.2) is 84.9 Å². The summed E-state index contributed by atoms with van der Waals surface area (Å²) in [7, 11) is 0. The molecule has 0 amide bonds. The van der Waals surface area contributed by atoms with Gasteiger partial charge >= 0.3 is 12.1 Å². The molecule has 1 heterocycles. The topological polar surface area (TPSA) is 49.8 Å². The quantitative estimate of drug-likeness (QED) is 0.246. The van der Waals surface area contributed by atoms with E-state index in [1.807, 2.05) is 41.3 Å². The van der Waals surface area contributed by atoms with Crippen LogP contribution < -0.4 is 9.64 Å². The maximum atomic E-state index is 13.4. The minimum atomic E-state index is -4.38. The molecule has 1 N–H and O–H groups in total. The molecule has 5 rings (SSSR count). The Kier molecular flexibility index (Phi) is 7.28. The van der Waals surface area contributed by atoms with E-state index < -0.39 is 23.5 Å². The highest BCUT2D eigenvalue weighted by Gasteiger charge is 2.32. The van der Waals surface area contributed by atoms with E-state index in [-0.39, 0.29) is 12.2 Å². The van der Waals surface area contributed by atoms with Crippen LogP contribution in [0.25, 0.3) is 11.1 Å². The normalized spacial score (nSPS) is 13.2. The molecule has 4 aromatic carbocycles. The lowest BCUT2D eigenvalue weighted by Gasteiger charge is -2.32. The summed E-state index contributed by atoms with van der Waals surface area (Å²) >= 11 is 0. The van der Waals surface area contributed by atoms with Crippen LogP contribution in [0.4, 0.5) is 23.2 Å². The Morgan fingerprint density at radius 3 is 2.46 bits per heavy atom. The Labute approximate surface area is 223 Å². The summed E-state index contributed by atoms with van der Waals surface area (Å²) in [5, 5.41) is 9.30. The first-order valence-electron chi connectivity index (χ1n) is 12.5. The highest BCUT2D eigenvalue weighted by molar-refractivity contribution is 5.89. The zero-order valence-corrected chi connectivity index (χ0v) is 20.8. The average molecular weight is 536 g/mol. The SMILES string of the molecule is O=C(O)c1cc(F)ccc1COc1ccc(-c2cccc(CN3CCCc4ccc(C(F)(F)F)cc43)c2)cc1. The van der Waals surface area contributed by atoms with Gasteiger partial charge in [0.25, 0.3) is 0 Å². The van der Waals surface area contributed by atoms with Gasteiger partial charge in [0, 0.05) is 24.3 Å². The van der Waals surface area contributed by atoms with Gasteiger partial charge in [0.1, 0.15) is 18.2 Å². The molecule has 0 aliphatic carbocycles. The number of hydrogen-bond acceptors (Lipinski definition) is 3. The number of alkyl halides is 3. The fourth-order valence-corrected chi connectivity index (χ4v) is 4.84. The van der Waals surface area contributed by atoms with Crippen molar-refractivity contribution < 1.29 is 32.2 Å². The van der Waals surface area contributed by atoms with Gasteiger partial charge in [0.05, 0.1) is 11.1 Å². The first kappa shape index (κ1) is 26.3. The summed E-state index contributed by atoms with van der Waals surface area (Å²) in [6.07, 6.45) is -2.74. The van der Waals surface area contributed by atoms with Gasteiger partial charge in [-0.05, 0) is 77.6 Å². The molecule has 4 aromatic rings. The smallest absolute Gasteiger partial charge is 0.416 e. The van der Waals surface area contributed by atoms with E-state index in [0.717, 1.165) is 47.2 Å². The molecular weight excluding hydrogens is 510 g/mol. The minimum absolute atomic E-state index is 0.0237. The number of carboxylic acids is 1. The van der Waals surface area contributed by atoms with Crippen molar-refractivity contribution in [3.63, 3.8) is 0 Å². The molecule has 0 atom stereocenters. The van der Waals surface area contributed by atoms with Crippen LogP contribution in [0.2, 0.25) is 0 Å². The maximum Gasteiger partial charge on any atom is 0.416 e. The summed E-state index contributed by atoms with van der Waals surface area (Å²) in [5.74, 6) is -1.32. The number of anilines is 1. The number of aryl methyl sites for hydroxylation is 1. The van der Waals surface area contributed by atoms with E-state index in [0.29, 0.717) is 30.1 Å². The molecule has 0 saturated heterocycles. The molecule has 0 aromatic heterocycles. The number of carbonyl (C=O) groups is 1. The van der Waals surface area contributed by atoms with Crippen LogP contribution in [0, 0.1) is 5.82 Å². The lowest BCUT2D eigenvalue weighted by Crippen LogP contribution is -2.29. The number of nitrogens with zero attached hydrogens (tertiary/aromatic N) is 1. The zero-order valence-electron chi connectivity index (χ0n) is 20.8. The second-order valence-corrected chi connectivity index (χ2v) is 9.49. The van der Waals surface area contributed by atoms with Gasteiger partial charge in [-0.15, -0.1) is 0 Å². The number of halogens is 4. The largest absolute Gasteiger partial charge is 0.489 e. The first-order valence-corrected chi connectivity index (χ1v) is 12.5. The minimum Gasteiger partial charge on any atom is -0.489 e. The number of carboxylic acid groups (broad SMARTS) is 1. The second-order valence-electron chi connectivity index (χ2n) is 9.49. The highest BCUT2D eigenvalue weighted by atomic mass is 19.4. The van der Waals surface area contributed by atoms with Gasteiger partial charge in [0.2, 0.25) is 0 Å². The Morgan fingerprint density at radius 1 is 0.923 bits per heavy atom. The van der Waals surface area contributed by atoms with Crippen LogP contribution in [0.5, 0.6) is 5.75 Å². The molecule has 0 spiro atoms. The van der Waals surface area contributed by atoms with Crippen molar-refractivity contribution in [2.45, 2.75) is 32.2 Å². The molecule has 0 saturated carbocycles. The van der Waals surface area contributed by atoms with E-state index in [4.69, 9.17) is 4.74 Å². The van der Waals surface area contributed by atoms with Crippen LogP contribution in [0.1, 0.15) is 39.0 Å². The number of hydrogen-bond donors (Lipinski definition) is 1. The van der Waals surface area contributed by atoms with Crippen LogP contribution in [0.3, 0.4) is 0 Å². The lowest BCUT2D eigenvalue weighted by atomic mass is 9.98.